The zero-order valence-corrected chi connectivity index (χ0v) is 8.60. The third-order valence-corrected chi connectivity index (χ3v) is 1.93. The molecule has 0 fully saturated rings. The number of benzene rings is 1. The van der Waals surface area contributed by atoms with Crippen molar-refractivity contribution in [2.24, 2.45) is 4.99 Å². The Morgan fingerprint density at radius 2 is 1.11 bits per heavy atom. The molecule has 0 saturated heterocycles. The lowest BCUT2D eigenvalue weighted by molar-refractivity contribution is -0.0558. The quantitative estimate of drug-likeness (QED) is 0.319. The molecule has 10 heteroatoms. The van der Waals surface area contributed by atoms with Gasteiger partial charge in [-0.15, -0.1) is 0 Å². The molecule has 18 heavy (non-hydrogen) atoms. The molecule has 0 saturated carbocycles. The average Bonchev–Trinajstić information content (AvgIpc) is 2.28. The Morgan fingerprint density at radius 3 is 1.44 bits per heavy atom. The van der Waals surface area contributed by atoms with E-state index in [9.17, 15) is 35.1 Å². The first kappa shape index (κ1) is 14.7. The summed E-state index contributed by atoms with van der Waals surface area (Å²) in [5.41, 5.74) is -2.01. The predicted octanol–water partition coefficient (Wildman–Crippen LogP) is 4.21. The first-order valence-corrected chi connectivity index (χ1v) is 4.28. The van der Waals surface area contributed by atoms with Crippen LogP contribution in [-0.2, 0) is 0 Å². The van der Waals surface area contributed by atoms with Gasteiger partial charge in [0.05, 0.1) is 0 Å². The Bertz CT molecular complexity index is 492. The molecule has 0 atom stereocenters. The Labute approximate surface area is 98.7 Å². The van der Waals surface area contributed by atoms with E-state index >= 15 is 0 Å². The number of halogens is 9. The fourth-order valence-corrected chi connectivity index (χ4v) is 0.938. The lowest BCUT2D eigenvalue weighted by atomic mass is 10.2. The van der Waals surface area contributed by atoms with Gasteiger partial charge in [0.25, 0.3) is 0 Å². The van der Waals surface area contributed by atoms with E-state index < -0.39 is 46.1 Å². The number of hydrogen-bond acceptors (Lipinski definition) is 1. The topological polar surface area (TPSA) is 12.4 Å². The van der Waals surface area contributed by atoms with E-state index in [1.807, 2.05) is 0 Å². The zero-order chi connectivity index (χ0) is 14.2. The minimum absolute atomic E-state index is 2.01. The van der Waals surface area contributed by atoms with Crippen molar-refractivity contribution >= 4 is 22.5 Å². The highest BCUT2D eigenvalue weighted by atomic mass is 35.5. The average molecular weight is 298 g/mol. The molecule has 1 rings (SSSR count). The maximum absolute atomic E-state index is 12.9. The fourth-order valence-electron chi connectivity index (χ4n) is 0.853. The minimum atomic E-state index is -5.28. The lowest BCUT2D eigenvalue weighted by Crippen LogP contribution is -2.17. The molecule has 0 amide bonds. The van der Waals surface area contributed by atoms with Crippen molar-refractivity contribution in [1.29, 1.82) is 0 Å². The summed E-state index contributed by atoms with van der Waals surface area (Å²) in [5.74, 6) is -12.4. The van der Waals surface area contributed by atoms with Crippen molar-refractivity contribution in [1.82, 2.24) is 0 Å². The minimum Gasteiger partial charge on any atom is -0.226 e. The fraction of sp³-hybridized carbons (Fsp3) is 0.125. The third kappa shape index (κ3) is 2.55. The van der Waals surface area contributed by atoms with Gasteiger partial charge in [0, 0.05) is 0 Å². The van der Waals surface area contributed by atoms with Gasteiger partial charge in [-0.1, -0.05) is 11.6 Å². The van der Waals surface area contributed by atoms with Gasteiger partial charge in [-0.05, 0) is 0 Å². The van der Waals surface area contributed by atoms with E-state index in [-0.39, 0.29) is 0 Å². The molecule has 1 nitrogen and oxygen atoms in total. The van der Waals surface area contributed by atoms with Gasteiger partial charge in [0.2, 0.25) is 11.0 Å². The Hall–Kier alpha value is -1.38. The molecule has 0 radical (unpaired) electrons. The van der Waals surface area contributed by atoms with Gasteiger partial charge in [-0.3, -0.25) is 0 Å². The summed E-state index contributed by atoms with van der Waals surface area (Å²) < 4.78 is 99.3. The van der Waals surface area contributed by atoms with Crippen molar-refractivity contribution in [3.63, 3.8) is 0 Å². The molecule has 1 aromatic rings. The maximum Gasteiger partial charge on any atom is 0.444 e. The monoisotopic (exact) mass is 297 g/mol. The molecule has 1 aromatic carbocycles. The van der Waals surface area contributed by atoms with Crippen molar-refractivity contribution < 1.29 is 35.1 Å². The van der Waals surface area contributed by atoms with E-state index in [2.05, 4.69) is 16.6 Å². The highest BCUT2D eigenvalue weighted by Gasteiger charge is 2.36. The Morgan fingerprint density at radius 1 is 0.778 bits per heavy atom. The molecule has 0 aromatic heterocycles. The Kier molecular flexibility index (Phi) is 3.84. The van der Waals surface area contributed by atoms with Crippen molar-refractivity contribution in [2.45, 2.75) is 6.18 Å². The largest absolute Gasteiger partial charge is 0.444 e. The Balaban J connectivity index is 3.53. The van der Waals surface area contributed by atoms with Crippen LogP contribution in [0.1, 0.15) is 0 Å². The molecule has 0 aliphatic carbocycles. The summed E-state index contributed by atoms with van der Waals surface area (Å²) in [5, 5.41) is -2.27. The van der Waals surface area contributed by atoms with E-state index in [1.54, 1.807) is 0 Å². The summed E-state index contributed by atoms with van der Waals surface area (Å²) in [6.45, 7) is 0. The molecule has 0 N–H and O–H groups in total. The van der Waals surface area contributed by atoms with Crippen molar-refractivity contribution in [3.05, 3.63) is 29.1 Å². The molecule has 0 aliphatic rings. The maximum atomic E-state index is 12.9. The van der Waals surface area contributed by atoms with Crippen LogP contribution in [0.4, 0.5) is 40.8 Å². The lowest BCUT2D eigenvalue weighted by Gasteiger charge is -2.06. The third-order valence-electron chi connectivity index (χ3n) is 1.63. The first-order chi connectivity index (χ1) is 8.07. The van der Waals surface area contributed by atoms with Crippen LogP contribution in [0.5, 0.6) is 0 Å². The molecule has 0 unspecified atom stereocenters. The molecule has 0 aliphatic heterocycles. The van der Waals surface area contributed by atoms with E-state index in [0.717, 1.165) is 0 Å². The molecular weight excluding hydrogens is 298 g/mol. The first-order valence-electron chi connectivity index (χ1n) is 3.90. The van der Waals surface area contributed by atoms with E-state index in [0.29, 0.717) is 0 Å². The second-order valence-corrected chi connectivity index (χ2v) is 3.18. The van der Waals surface area contributed by atoms with Crippen LogP contribution < -0.4 is 0 Å². The summed E-state index contributed by atoms with van der Waals surface area (Å²) in [6, 6.07) is 0. The SMILES string of the molecule is Fc1c(F)c(F)c(N=C(Cl)C(F)(F)F)c(F)c1F. The van der Waals surface area contributed by atoms with E-state index in [1.165, 1.54) is 0 Å². The van der Waals surface area contributed by atoms with Crippen LogP contribution in [-0.4, -0.2) is 11.3 Å². The van der Waals surface area contributed by atoms with Gasteiger partial charge in [-0.2, -0.15) is 13.2 Å². The van der Waals surface area contributed by atoms with Gasteiger partial charge in [0.1, 0.15) is 5.69 Å². The zero-order valence-electron chi connectivity index (χ0n) is 7.85. The van der Waals surface area contributed by atoms with Crippen LogP contribution in [0.2, 0.25) is 0 Å². The summed E-state index contributed by atoms with van der Waals surface area (Å²) in [6.07, 6.45) is -5.28. The van der Waals surface area contributed by atoms with Gasteiger partial charge >= 0.3 is 6.18 Å². The smallest absolute Gasteiger partial charge is 0.226 e. The van der Waals surface area contributed by atoms with Crippen molar-refractivity contribution in [2.75, 3.05) is 0 Å². The second-order valence-electron chi connectivity index (χ2n) is 2.82. The molecular formula is C8ClF8N. The highest BCUT2D eigenvalue weighted by molar-refractivity contribution is 6.67. The van der Waals surface area contributed by atoms with Crippen LogP contribution in [0.15, 0.2) is 4.99 Å². The molecule has 0 bridgehead atoms. The number of alkyl halides is 3. The van der Waals surface area contributed by atoms with Gasteiger partial charge < -0.3 is 0 Å². The molecule has 100 valence electrons. The van der Waals surface area contributed by atoms with Crippen LogP contribution in [0, 0.1) is 29.1 Å². The second kappa shape index (κ2) is 4.71. The van der Waals surface area contributed by atoms with Crippen LogP contribution >= 0.6 is 11.6 Å². The standard InChI is InChI=1S/C8ClF8N/c9-7(8(15,16)17)18-6-4(13)2(11)1(10)3(12)5(6)14. The number of nitrogens with zero attached hydrogens (tertiary/aromatic N) is 1. The number of aliphatic imine (C=N–C) groups is 1. The van der Waals surface area contributed by atoms with E-state index in [4.69, 9.17) is 0 Å². The summed E-state index contributed by atoms with van der Waals surface area (Å²) in [7, 11) is 0. The van der Waals surface area contributed by atoms with Gasteiger partial charge in [0.15, 0.2) is 23.3 Å². The highest BCUT2D eigenvalue weighted by Crippen LogP contribution is 2.32. The summed E-state index contributed by atoms with van der Waals surface area (Å²) >= 11 is 4.53. The van der Waals surface area contributed by atoms with Crippen LogP contribution in [0.25, 0.3) is 0 Å². The predicted molar refractivity (Wildman–Crippen MR) is 45.2 cm³/mol. The summed E-state index contributed by atoms with van der Waals surface area (Å²) in [4.78, 5) is 2.15. The molecule has 0 heterocycles. The number of hydrogen-bond donors (Lipinski definition) is 0. The van der Waals surface area contributed by atoms with Crippen molar-refractivity contribution in [3.8, 4) is 0 Å². The normalized spacial score (nSPS) is 13.1. The van der Waals surface area contributed by atoms with Crippen LogP contribution in [0.3, 0.4) is 0 Å². The van der Waals surface area contributed by atoms with Gasteiger partial charge in [-0.25, -0.2) is 26.9 Å². The molecule has 0 spiro atoms. The number of rotatable bonds is 1.